The average Bonchev–Trinajstić information content (AvgIpc) is 3.28. The van der Waals surface area contributed by atoms with Crippen molar-refractivity contribution in [3.05, 3.63) is 93.0 Å². The van der Waals surface area contributed by atoms with Crippen LogP contribution in [0.4, 0.5) is 5.69 Å². The van der Waals surface area contributed by atoms with Crippen LogP contribution in [-0.2, 0) is 0 Å². The van der Waals surface area contributed by atoms with Crippen molar-refractivity contribution in [3.63, 3.8) is 0 Å². The number of fused-ring (bicyclic) bond motifs is 2. The number of azo groups is 1. The maximum atomic E-state index is 10.3. The molecule has 2 aromatic heterocycles. The molecule has 4 aromatic rings. The molecule has 0 saturated carbocycles. The van der Waals surface area contributed by atoms with Gasteiger partial charge in [0.05, 0.1) is 11.4 Å². The number of nitrogens with one attached hydrogen (secondary N) is 1. The van der Waals surface area contributed by atoms with Crippen LogP contribution >= 0.6 is 15.9 Å². The lowest BCUT2D eigenvalue weighted by Crippen LogP contribution is -2.08. The minimum atomic E-state index is 0.146. The van der Waals surface area contributed by atoms with Gasteiger partial charge in [0.15, 0.2) is 5.88 Å². The summed E-state index contributed by atoms with van der Waals surface area (Å²) >= 11 is 3.49. The smallest absolute Gasteiger partial charge is 0.196 e. The second-order valence-corrected chi connectivity index (χ2v) is 7.61. The molecule has 0 aliphatic carbocycles. The van der Waals surface area contributed by atoms with Crippen LogP contribution in [0.2, 0.25) is 0 Å². The first-order valence-electron chi connectivity index (χ1n) is 9.03. The minimum Gasteiger partial charge on any atom is -0.494 e. The molecule has 2 aromatic carbocycles. The highest BCUT2D eigenvalue weighted by molar-refractivity contribution is 9.10. The molecule has 140 valence electrons. The summed E-state index contributed by atoms with van der Waals surface area (Å²) < 4.78 is 0.960. The third-order valence-electron chi connectivity index (χ3n) is 4.79. The molecule has 6 heteroatoms. The lowest BCUT2D eigenvalue weighted by atomic mass is 10.1. The average molecular weight is 443 g/mol. The monoisotopic (exact) mass is 442 g/mol. The topological polar surface area (TPSA) is 73.6 Å². The number of rotatable bonds is 3. The standard InChI is InChI=1S/C23H15BrN4O/c24-16-3-6-20-18(13-16)19(23(29)26-20)11-15-1-4-17-21(27-28-22(17)12-15)5-2-14-7-9-25-10-8-14/h1-13,26,29H/b5-2+,15-11+. The summed E-state index contributed by atoms with van der Waals surface area (Å²) in [6.07, 6.45) is 9.41. The summed E-state index contributed by atoms with van der Waals surface area (Å²) in [7, 11) is 0. The Labute approximate surface area is 174 Å². The Bertz CT molecular complexity index is 1420. The molecule has 0 radical (unpaired) electrons. The van der Waals surface area contributed by atoms with E-state index in [1.807, 2.05) is 66.8 Å². The van der Waals surface area contributed by atoms with Gasteiger partial charge >= 0.3 is 0 Å². The van der Waals surface area contributed by atoms with Gasteiger partial charge in [-0.05, 0) is 65.4 Å². The molecule has 2 N–H and O–H groups in total. The number of aromatic amines is 1. The van der Waals surface area contributed by atoms with Gasteiger partial charge in [-0.25, -0.2) is 0 Å². The van der Waals surface area contributed by atoms with Crippen LogP contribution in [-0.4, -0.2) is 15.1 Å². The Hall–Kier alpha value is -3.51. The molecular formula is C23H15BrN4O. The van der Waals surface area contributed by atoms with E-state index in [1.54, 1.807) is 12.4 Å². The first-order chi connectivity index (χ1) is 14.2. The first-order valence-corrected chi connectivity index (χ1v) is 9.83. The number of halogens is 1. The summed E-state index contributed by atoms with van der Waals surface area (Å²) in [5, 5.41) is 21.8. The second-order valence-electron chi connectivity index (χ2n) is 6.70. The van der Waals surface area contributed by atoms with E-state index >= 15 is 0 Å². The van der Waals surface area contributed by atoms with Crippen molar-refractivity contribution in [2.24, 2.45) is 10.2 Å². The summed E-state index contributed by atoms with van der Waals surface area (Å²) in [6.45, 7) is 0. The molecule has 0 spiro atoms. The van der Waals surface area contributed by atoms with Gasteiger partial charge < -0.3 is 10.1 Å². The second kappa shape index (κ2) is 7.14. The maximum absolute atomic E-state index is 10.3. The van der Waals surface area contributed by atoms with Gasteiger partial charge in [0.2, 0.25) is 0 Å². The summed E-state index contributed by atoms with van der Waals surface area (Å²) in [5.74, 6) is 0.146. The Balaban J connectivity index is 1.57. The molecule has 5 nitrogen and oxygen atoms in total. The number of pyridine rings is 1. The van der Waals surface area contributed by atoms with E-state index in [0.29, 0.717) is 0 Å². The van der Waals surface area contributed by atoms with Crippen LogP contribution in [0.15, 0.2) is 81.7 Å². The molecule has 29 heavy (non-hydrogen) atoms. The van der Waals surface area contributed by atoms with Crippen LogP contribution in [0.3, 0.4) is 0 Å². The van der Waals surface area contributed by atoms with E-state index in [4.69, 9.17) is 0 Å². The van der Waals surface area contributed by atoms with Crippen molar-refractivity contribution < 1.29 is 5.11 Å². The number of nitrogens with zero attached hydrogens (tertiary/aromatic N) is 3. The molecule has 1 aliphatic heterocycles. The van der Waals surface area contributed by atoms with Gasteiger partial charge in [-0.2, -0.15) is 0 Å². The van der Waals surface area contributed by atoms with Crippen molar-refractivity contribution in [2.75, 3.05) is 0 Å². The van der Waals surface area contributed by atoms with E-state index in [1.165, 1.54) is 0 Å². The maximum Gasteiger partial charge on any atom is 0.196 e. The highest BCUT2D eigenvalue weighted by Crippen LogP contribution is 2.30. The number of H-pyrrole nitrogens is 1. The Morgan fingerprint density at radius 2 is 1.79 bits per heavy atom. The Morgan fingerprint density at radius 3 is 2.66 bits per heavy atom. The van der Waals surface area contributed by atoms with E-state index in [9.17, 15) is 5.11 Å². The number of aromatic hydroxyl groups is 1. The predicted molar refractivity (Wildman–Crippen MR) is 118 cm³/mol. The van der Waals surface area contributed by atoms with Crippen LogP contribution in [0.1, 0.15) is 11.1 Å². The minimum absolute atomic E-state index is 0.146. The van der Waals surface area contributed by atoms with Crippen molar-refractivity contribution in [1.82, 2.24) is 9.97 Å². The first kappa shape index (κ1) is 17.6. The van der Waals surface area contributed by atoms with E-state index in [-0.39, 0.29) is 5.88 Å². The largest absolute Gasteiger partial charge is 0.494 e. The Kier molecular flexibility index (Phi) is 4.33. The van der Waals surface area contributed by atoms with Gasteiger partial charge in [0, 0.05) is 38.6 Å². The van der Waals surface area contributed by atoms with Gasteiger partial charge in [-0.15, -0.1) is 10.2 Å². The number of benzene rings is 2. The highest BCUT2D eigenvalue weighted by atomic mass is 79.9. The fourth-order valence-electron chi connectivity index (χ4n) is 3.36. The van der Waals surface area contributed by atoms with Crippen molar-refractivity contribution in [2.45, 2.75) is 0 Å². The van der Waals surface area contributed by atoms with Crippen molar-refractivity contribution in [3.8, 4) is 5.88 Å². The SMILES string of the molecule is Oc1[nH]c2ccc(Br)cc2c1/C=c1\ccc2c(c1)N=NC=2/C=C/c1ccncc1. The van der Waals surface area contributed by atoms with Gasteiger partial charge in [0.1, 0.15) is 0 Å². The number of hydrogen-bond donors (Lipinski definition) is 2. The fraction of sp³-hybridized carbons (Fsp3) is 0. The molecule has 0 fully saturated rings. The lowest BCUT2D eigenvalue weighted by Gasteiger charge is -1.96. The van der Waals surface area contributed by atoms with Gasteiger partial charge in [0.25, 0.3) is 0 Å². The lowest BCUT2D eigenvalue weighted by molar-refractivity contribution is 0.457. The molecule has 0 bridgehead atoms. The van der Waals surface area contributed by atoms with Crippen LogP contribution in [0.5, 0.6) is 5.88 Å². The van der Waals surface area contributed by atoms with Crippen LogP contribution in [0.25, 0.3) is 28.8 Å². The molecule has 0 unspecified atom stereocenters. The molecule has 5 rings (SSSR count). The summed E-state index contributed by atoms with van der Waals surface area (Å²) in [5.41, 5.74) is 4.32. The normalized spacial score (nSPS) is 13.7. The zero-order valence-electron chi connectivity index (χ0n) is 15.2. The van der Waals surface area contributed by atoms with Crippen molar-refractivity contribution >= 4 is 50.4 Å². The quantitative estimate of drug-likeness (QED) is 0.479. The summed E-state index contributed by atoms with van der Waals surface area (Å²) in [4.78, 5) is 7.03. The zero-order chi connectivity index (χ0) is 19.8. The third kappa shape index (κ3) is 3.39. The fourth-order valence-corrected chi connectivity index (χ4v) is 3.72. The molecule has 0 atom stereocenters. The van der Waals surface area contributed by atoms with Crippen LogP contribution in [0, 0.1) is 0 Å². The van der Waals surface area contributed by atoms with E-state index in [2.05, 4.69) is 36.1 Å². The van der Waals surface area contributed by atoms with E-state index < -0.39 is 0 Å². The zero-order valence-corrected chi connectivity index (χ0v) is 16.8. The number of aromatic nitrogens is 2. The molecular weight excluding hydrogens is 428 g/mol. The van der Waals surface area contributed by atoms with Crippen LogP contribution < -0.4 is 10.4 Å². The van der Waals surface area contributed by atoms with Crippen molar-refractivity contribution in [1.29, 1.82) is 0 Å². The van der Waals surface area contributed by atoms with E-state index in [0.717, 1.165) is 48.3 Å². The van der Waals surface area contributed by atoms with Gasteiger partial charge in [-0.1, -0.05) is 28.1 Å². The molecule has 0 amide bonds. The third-order valence-corrected chi connectivity index (χ3v) is 5.29. The Morgan fingerprint density at radius 1 is 0.931 bits per heavy atom. The highest BCUT2D eigenvalue weighted by Gasteiger charge is 2.10. The molecule has 0 saturated heterocycles. The summed E-state index contributed by atoms with van der Waals surface area (Å²) in [6, 6.07) is 15.7. The number of hydrogen-bond acceptors (Lipinski definition) is 4. The molecule has 1 aliphatic rings. The molecule has 3 heterocycles. The predicted octanol–water partition coefficient (Wildman–Crippen LogP) is 4.78. The van der Waals surface area contributed by atoms with Gasteiger partial charge in [-0.3, -0.25) is 4.98 Å².